The Kier molecular flexibility index (Phi) is 9.76. The monoisotopic (exact) mass is 423 g/mol. The summed E-state index contributed by atoms with van der Waals surface area (Å²) < 4.78 is 54.5. The Balaban J connectivity index is 2.64. The third-order valence-corrected chi connectivity index (χ3v) is 5.09. The molecule has 1 heterocycles. The van der Waals surface area contributed by atoms with E-state index >= 15 is 0 Å². The van der Waals surface area contributed by atoms with Gasteiger partial charge in [0.25, 0.3) is 0 Å². The Morgan fingerprint density at radius 2 is 2.04 bits per heavy atom. The summed E-state index contributed by atoms with van der Waals surface area (Å²) in [6.45, 7) is -0.406. The first-order chi connectivity index (χ1) is 11.7. The van der Waals surface area contributed by atoms with Crippen LogP contribution in [0.1, 0.15) is 6.42 Å². The molecule has 1 aliphatic rings. The lowest BCUT2D eigenvalue weighted by atomic mass is 10.00. The van der Waals surface area contributed by atoms with Crippen molar-refractivity contribution in [3.05, 3.63) is 0 Å². The summed E-state index contributed by atoms with van der Waals surface area (Å²) in [4.78, 5) is 0. The highest BCUT2D eigenvalue weighted by molar-refractivity contribution is 8.12. The van der Waals surface area contributed by atoms with Crippen LogP contribution in [0, 0.1) is 0 Å². The fourth-order valence-corrected chi connectivity index (χ4v) is 3.47. The molecule has 1 fully saturated rings. The predicted molar refractivity (Wildman–Crippen MR) is 89.8 cm³/mol. The van der Waals surface area contributed by atoms with Gasteiger partial charge in [-0.25, -0.2) is 4.28 Å². The van der Waals surface area contributed by atoms with Gasteiger partial charge in [0, 0.05) is 29.4 Å². The molecule has 1 unspecified atom stereocenters. The first-order valence-electron chi connectivity index (χ1n) is 7.03. The third kappa shape index (κ3) is 8.27. The molecule has 0 aromatic heterocycles. The molecular formula is C11H21NO10S3. The molecule has 0 spiro atoms. The molecule has 0 bridgehead atoms. The number of aliphatic hydroxyl groups excluding tert-OH is 3. The molecule has 4 N–H and O–H groups in total. The van der Waals surface area contributed by atoms with Crippen molar-refractivity contribution >= 4 is 38.5 Å². The minimum Gasteiger partial charge on any atom is -0.394 e. The number of rotatable bonds is 10. The molecule has 14 heteroatoms. The molecule has 0 radical (unpaired) electrons. The van der Waals surface area contributed by atoms with Crippen LogP contribution in [0.2, 0.25) is 0 Å². The zero-order chi connectivity index (χ0) is 19.0. The largest absolute Gasteiger partial charge is 0.466 e. The van der Waals surface area contributed by atoms with E-state index in [1.165, 1.54) is 0 Å². The molecule has 0 amide bonds. The highest BCUT2D eigenvalue weighted by atomic mass is 32.3. The first-order valence-corrected chi connectivity index (χ1v) is 11.1. The van der Waals surface area contributed by atoms with Crippen LogP contribution in [0.5, 0.6) is 0 Å². The average molecular weight is 423 g/mol. The van der Waals surface area contributed by atoms with Gasteiger partial charge in [-0.05, 0) is 6.42 Å². The highest BCUT2D eigenvalue weighted by Gasteiger charge is 2.45. The molecule has 148 valence electrons. The van der Waals surface area contributed by atoms with E-state index in [2.05, 4.69) is 9.44 Å². The average Bonchev–Trinajstić information content (AvgIpc) is 2.51. The second kappa shape index (κ2) is 10.7. The van der Waals surface area contributed by atoms with Crippen molar-refractivity contribution in [2.45, 2.75) is 36.3 Å². The van der Waals surface area contributed by atoms with E-state index in [0.29, 0.717) is 23.9 Å². The van der Waals surface area contributed by atoms with Crippen LogP contribution < -0.4 is 0 Å². The molecule has 1 saturated heterocycles. The van der Waals surface area contributed by atoms with E-state index in [4.69, 9.17) is 14.0 Å². The van der Waals surface area contributed by atoms with Gasteiger partial charge in [0.05, 0.1) is 6.61 Å². The van der Waals surface area contributed by atoms with E-state index in [0.717, 1.165) is 5.55 Å². The Bertz CT molecular complexity index is 556. The normalized spacial score (nSPS) is 32.0. The molecule has 0 saturated carbocycles. The molecule has 0 aromatic carbocycles. The van der Waals surface area contributed by atoms with Crippen LogP contribution in [0.25, 0.3) is 0 Å². The van der Waals surface area contributed by atoms with Crippen molar-refractivity contribution < 1.29 is 46.3 Å². The summed E-state index contributed by atoms with van der Waals surface area (Å²) in [6, 6.07) is 0. The zero-order valence-corrected chi connectivity index (χ0v) is 15.7. The predicted octanol–water partition coefficient (Wildman–Crippen LogP) is -1.92. The summed E-state index contributed by atoms with van der Waals surface area (Å²) in [5, 5.41) is 32.6. The van der Waals surface area contributed by atoms with Gasteiger partial charge in [-0.15, -0.1) is 0 Å². The second-order valence-corrected chi connectivity index (χ2v) is 8.53. The van der Waals surface area contributed by atoms with Gasteiger partial charge in [-0.3, -0.25) is 8.76 Å². The number of hydrogen-bond acceptors (Lipinski definition) is 11. The van der Waals surface area contributed by atoms with Gasteiger partial charge in [-0.2, -0.15) is 8.42 Å². The summed E-state index contributed by atoms with van der Waals surface area (Å²) in [5.41, 5.74) is -0.176. The Morgan fingerprint density at radius 3 is 2.60 bits per heavy atom. The molecule has 1 rings (SSSR count). The van der Waals surface area contributed by atoms with E-state index in [1.54, 1.807) is 6.26 Å². The number of aliphatic hydroxyl groups is 3. The van der Waals surface area contributed by atoms with Crippen LogP contribution in [0.4, 0.5) is 0 Å². The molecule has 6 atom stereocenters. The molecule has 25 heavy (non-hydrogen) atoms. The standard InChI is InChI=1S/C11H21NO10S3/c1-24(16)4-2-3-20-10-8(14)7(5-13)21-11(9(10)15)23-6-12-22-25(17,18)19/h6-11,13-15H,2-5H2,1H3,(H,17,18,19)/b12-6+/t7-,8-,9-,10+,11+,24?/m1/s1. The van der Waals surface area contributed by atoms with Gasteiger partial charge in [0.1, 0.15) is 35.4 Å². The quantitative estimate of drug-likeness (QED) is 0.101. The van der Waals surface area contributed by atoms with Crippen LogP contribution in [-0.4, -0.2) is 93.1 Å². The SMILES string of the molecule is CS(=O)CCCO[C@@H]1[C@@H](O)[C@H](S/C=N/OS(=O)(=O)O)O[C@H](CO)[C@H]1O. The first kappa shape index (κ1) is 22.7. The summed E-state index contributed by atoms with van der Waals surface area (Å²) in [5.74, 6) is 0.399. The molecular weight excluding hydrogens is 402 g/mol. The Hall–Kier alpha value is -0.320. The lowest BCUT2D eigenvalue weighted by Crippen LogP contribution is -2.58. The molecule has 11 nitrogen and oxygen atoms in total. The lowest BCUT2D eigenvalue weighted by molar-refractivity contribution is -0.219. The number of nitrogens with zero attached hydrogens (tertiary/aromatic N) is 1. The summed E-state index contributed by atoms with van der Waals surface area (Å²) in [7, 11) is -5.73. The lowest BCUT2D eigenvalue weighted by Gasteiger charge is -2.41. The Labute approximate surface area is 151 Å². The van der Waals surface area contributed by atoms with Gasteiger partial charge in [-0.1, -0.05) is 16.9 Å². The van der Waals surface area contributed by atoms with Gasteiger partial charge in [0.15, 0.2) is 0 Å². The van der Waals surface area contributed by atoms with E-state index in [1.807, 2.05) is 0 Å². The van der Waals surface area contributed by atoms with Crippen LogP contribution >= 0.6 is 11.8 Å². The van der Waals surface area contributed by atoms with Gasteiger partial charge in [0.2, 0.25) is 0 Å². The van der Waals surface area contributed by atoms with Gasteiger partial charge < -0.3 is 24.8 Å². The van der Waals surface area contributed by atoms with Crippen molar-refractivity contribution in [2.24, 2.45) is 5.16 Å². The van der Waals surface area contributed by atoms with Crippen LogP contribution in [0.15, 0.2) is 5.16 Å². The van der Waals surface area contributed by atoms with E-state index in [9.17, 15) is 27.9 Å². The second-order valence-electron chi connectivity index (χ2n) is 5.02. The van der Waals surface area contributed by atoms with Crippen LogP contribution in [-0.2, 0) is 35.0 Å². The minimum atomic E-state index is -4.74. The summed E-state index contributed by atoms with van der Waals surface area (Å²) in [6.07, 6.45) is -2.75. The number of ether oxygens (including phenoxy) is 2. The zero-order valence-electron chi connectivity index (χ0n) is 13.2. The minimum absolute atomic E-state index is 0.133. The number of hydrogen-bond donors (Lipinski definition) is 4. The van der Waals surface area contributed by atoms with Gasteiger partial charge >= 0.3 is 10.4 Å². The number of oxime groups is 1. The summed E-state index contributed by atoms with van der Waals surface area (Å²) >= 11 is 0.700. The molecule has 0 aliphatic carbocycles. The molecule has 0 aromatic rings. The molecule has 1 aliphatic heterocycles. The maximum atomic E-state index is 11.0. The van der Waals surface area contributed by atoms with E-state index in [-0.39, 0.29) is 6.61 Å². The smallest absolute Gasteiger partial charge is 0.394 e. The Morgan fingerprint density at radius 1 is 1.36 bits per heavy atom. The van der Waals surface area contributed by atoms with Crippen LogP contribution in [0.3, 0.4) is 0 Å². The van der Waals surface area contributed by atoms with Crippen molar-refractivity contribution in [1.29, 1.82) is 0 Å². The van der Waals surface area contributed by atoms with Crippen molar-refractivity contribution in [1.82, 2.24) is 0 Å². The maximum Gasteiger partial charge on any atom is 0.466 e. The van der Waals surface area contributed by atoms with Crippen molar-refractivity contribution in [3.63, 3.8) is 0 Å². The topological polar surface area (TPSA) is 172 Å². The number of thioether (sulfide) groups is 1. The van der Waals surface area contributed by atoms with Crippen molar-refractivity contribution in [2.75, 3.05) is 25.2 Å². The fraction of sp³-hybridized carbons (Fsp3) is 0.909. The van der Waals surface area contributed by atoms with Crippen molar-refractivity contribution in [3.8, 4) is 0 Å². The van der Waals surface area contributed by atoms with E-state index < -0.39 is 57.7 Å². The maximum absolute atomic E-state index is 11.0. The third-order valence-electron chi connectivity index (χ3n) is 3.08. The highest BCUT2D eigenvalue weighted by Crippen LogP contribution is 2.29. The fourth-order valence-electron chi connectivity index (χ4n) is 2.00.